The maximum absolute atomic E-state index is 12.4. The molecule has 1 aromatic carbocycles. The second-order valence-electron chi connectivity index (χ2n) is 7.62. The van der Waals surface area contributed by atoms with Gasteiger partial charge in [0.15, 0.2) is 0 Å². The van der Waals surface area contributed by atoms with E-state index in [-0.39, 0.29) is 24.5 Å². The number of nitrogens with one attached hydrogen (secondary N) is 1. The number of hydrogen-bond donors (Lipinski definition) is 1. The van der Waals surface area contributed by atoms with Crippen molar-refractivity contribution in [3.05, 3.63) is 29.8 Å². The van der Waals surface area contributed by atoms with Gasteiger partial charge in [-0.05, 0) is 49.7 Å². The standard InChI is InChI=1S/C20H31NO4Si/c1-6-26(7-2,8-3)25-16-11-9-10-15(12-16)14-24-19(23)20(4,5)17-13-18(22)21-17/h9-12,17H,6-8,13-14H2,1-5H3,(H,21,22). The Bertz CT molecular complexity index is 639. The summed E-state index contributed by atoms with van der Waals surface area (Å²) >= 11 is 0. The summed E-state index contributed by atoms with van der Waals surface area (Å²) in [5.41, 5.74) is 0.187. The highest BCUT2D eigenvalue weighted by Gasteiger charge is 2.45. The van der Waals surface area contributed by atoms with Crippen molar-refractivity contribution in [1.82, 2.24) is 5.32 Å². The molecule has 1 unspecified atom stereocenters. The van der Waals surface area contributed by atoms with E-state index >= 15 is 0 Å². The van der Waals surface area contributed by atoms with Gasteiger partial charge in [-0.15, -0.1) is 0 Å². The Labute approximate surface area is 157 Å². The quantitative estimate of drug-likeness (QED) is 0.401. The highest BCUT2D eigenvalue weighted by atomic mass is 28.4. The molecule has 0 aromatic heterocycles. The minimum atomic E-state index is -1.72. The summed E-state index contributed by atoms with van der Waals surface area (Å²) in [6.07, 6.45) is 0.378. The number of amides is 1. The predicted octanol–water partition coefficient (Wildman–Crippen LogP) is 4.03. The van der Waals surface area contributed by atoms with Crippen molar-refractivity contribution >= 4 is 20.2 Å². The molecule has 2 rings (SSSR count). The summed E-state index contributed by atoms with van der Waals surface area (Å²) in [5.74, 6) is 0.547. The molecule has 6 heteroatoms. The Kier molecular flexibility index (Phi) is 6.50. The first-order chi connectivity index (χ1) is 12.3. The van der Waals surface area contributed by atoms with E-state index in [4.69, 9.17) is 9.16 Å². The van der Waals surface area contributed by atoms with Crippen molar-refractivity contribution in [2.24, 2.45) is 5.41 Å². The van der Waals surface area contributed by atoms with Crippen molar-refractivity contribution in [3.8, 4) is 5.75 Å². The molecule has 1 aliphatic rings. The van der Waals surface area contributed by atoms with E-state index in [2.05, 4.69) is 26.1 Å². The molecule has 1 fully saturated rings. The number of rotatable bonds is 9. The zero-order chi connectivity index (χ0) is 19.4. The Balaban J connectivity index is 1.98. The topological polar surface area (TPSA) is 64.6 Å². The zero-order valence-corrected chi connectivity index (χ0v) is 17.6. The lowest BCUT2D eigenvalue weighted by Gasteiger charge is -2.38. The summed E-state index contributed by atoms with van der Waals surface area (Å²) in [6.45, 7) is 10.4. The van der Waals surface area contributed by atoms with Crippen LogP contribution in [0.15, 0.2) is 24.3 Å². The first-order valence-corrected chi connectivity index (χ1v) is 12.0. The van der Waals surface area contributed by atoms with Gasteiger partial charge in [0.2, 0.25) is 14.2 Å². The molecule has 0 radical (unpaired) electrons. The van der Waals surface area contributed by atoms with Gasteiger partial charge in [-0.2, -0.15) is 0 Å². The SMILES string of the molecule is CC[Si](CC)(CC)Oc1cccc(COC(=O)C(C)(C)C2CC(=O)N2)c1. The molecule has 1 aromatic rings. The summed E-state index contributed by atoms with van der Waals surface area (Å²) in [5, 5.41) is 2.76. The van der Waals surface area contributed by atoms with E-state index in [0.29, 0.717) is 6.42 Å². The van der Waals surface area contributed by atoms with Crippen molar-refractivity contribution in [2.45, 2.75) is 71.8 Å². The average Bonchev–Trinajstić information content (AvgIpc) is 2.62. The molecule has 26 heavy (non-hydrogen) atoms. The van der Waals surface area contributed by atoms with Crippen LogP contribution in [0, 0.1) is 5.41 Å². The van der Waals surface area contributed by atoms with Crippen LogP contribution in [0.3, 0.4) is 0 Å². The summed E-state index contributed by atoms with van der Waals surface area (Å²) < 4.78 is 11.9. The Morgan fingerprint density at radius 3 is 2.38 bits per heavy atom. The van der Waals surface area contributed by atoms with Crippen LogP contribution < -0.4 is 9.74 Å². The van der Waals surface area contributed by atoms with Crippen molar-refractivity contribution in [2.75, 3.05) is 0 Å². The van der Waals surface area contributed by atoms with E-state index in [1.165, 1.54) is 0 Å². The third-order valence-electron chi connectivity index (χ3n) is 5.66. The van der Waals surface area contributed by atoms with Crippen LogP contribution in [-0.4, -0.2) is 26.2 Å². The molecule has 1 N–H and O–H groups in total. The molecular formula is C20H31NO4Si. The molecular weight excluding hydrogens is 346 g/mol. The van der Waals surface area contributed by atoms with Crippen LogP contribution in [0.4, 0.5) is 0 Å². The number of ether oxygens (including phenoxy) is 1. The van der Waals surface area contributed by atoms with Gasteiger partial charge >= 0.3 is 5.97 Å². The first kappa shape index (κ1) is 20.5. The van der Waals surface area contributed by atoms with Crippen LogP contribution in [0.2, 0.25) is 18.1 Å². The lowest BCUT2D eigenvalue weighted by atomic mass is 9.79. The van der Waals surface area contributed by atoms with Crippen molar-refractivity contribution in [3.63, 3.8) is 0 Å². The smallest absolute Gasteiger partial charge is 0.313 e. The minimum absolute atomic E-state index is 0.0175. The number of carbonyl (C=O) groups is 2. The molecule has 0 aliphatic carbocycles. The number of hydrogen-bond acceptors (Lipinski definition) is 4. The van der Waals surface area contributed by atoms with E-state index in [9.17, 15) is 9.59 Å². The maximum Gasteiger partial charge on any atom is 0.313 e. The molecule has 1 atom stereocenters. The number of benzene rings is 1. The van der Waals surface area contributed by atoms with Gasteiger partial charge in [0, 0.05) is 6.42 Å². The van der Waals surface area contributed by atoms with Crippen LogP contribution in [0.5, 0.6) is 5.75 Å². The molecule has 144 valence electrons. The lowest BCUT2D eigenvalue weighted by molar-refractivity contribution is -0.160. The number of esters is 1. The lowest BCUT2D eigenvalue weighted by Crippen LogP contribution is -2.59. The van der Waals surface area contributed by atoms with E-state index in [1.54, 1.807) is 0 Å². The third-order valence-corrected chi connectivity index (χ3v) is 10.2. The molecule has 1 heterocycles. The third kappa shape index (κ3) is 4.47. The average molecular weight is 378 g/mol. The molecule has 1 saturated heterocycles. The van der Waals surface area contributed by atoms with Crippen LogP contribution in [0.25, 0.3) is 0 Å². The second-order valence-corrected chi connectivity index (χ2v) is 12.3. The summed E-state index contributed by atoms with van der Waals surface area (Å²) in [4.78, 5) is 23.5. The molecule has 0 saturated carbocycles. The summed E-state index contributed by atoms with van der Waals surface area (Å²) in [6, 6.07) is 10.9. The van der Waals surface area contributed by atoms with Crippen LogP contribution in [0.1, 0.15) is 46.6 Å². The second kappa shape index (κ2) is 8.25. The van der Waals surface area contributed by atoms with Crippen LogP contribution in [-0.2, 0) is 20.9 Å². The van der Waals surface area contributed by atoms with Gasteiger partial charge < -0.3 is 14.5 Å². The van der Waals surface area contributed by atoms with E-state index < -0.39 is 13.7 Å². The Morgan fingerprint density at radius 1 is 1.23 bits per heavy atom. The van der Waals surface area contributed by atoms with E-state index in [1.807, 2.05) is 38.1 Å². The molecule has 5 nitrogen and oxygen atoms in total. The van der Waals surface area contributed by atoms with Crippen molar-refractivity contribution in [1.29, 1.82) is 0 Å². The first-order valence-electron chi connectivity index (χ1n) is 9.51. The fourth-order valence-electron chi connectivity index (χ4n) is 3.19. The van der Waals surface area contributed by atoms with Crippen LogP contribution >= 0.6 is 0 Å². The highest BCUT2D eigenvalue weighted by molar-refractivity contribution is 6.74. The van der Waals surface area contributed by atoms with Gasteiger partial charge in [0.1, 0.15) is 12.4 Å². The molecule has 1 aliphatic heterocycles. The zero-order valence-electron chi connectivity index (χ0n) is 16.6. The van der Waals surface area contributed by atoms with Crippen molar-refractivity contribution < 1.29 is 18.8 Å². The fraction of sp³-hybridized carbons (Fsp3) is 0.600. The highest BCUT2D eigenvalue weighted by Crippen LogP contribution is 2.30. The number of carbonyl (C=O) groups excluding carboxylic acids is 2. The molecule has 0 bridgehead atoms. The monoisotopic (exact) mass is 377 g/mol. The predicted molar refractivity (Wildman–Crippen MR) is 104 cm³/mol. The van der Waals surface area contributed by atoms with Gasteiger partial charge in [-0.25, -0.2) is 0 Å². The normalized spacial score (nSPS) is 17.3. The maximum atomic E-state index is 12.4. The van der Waals surface area contributed by atoms with Gasteiger partial charge in [0.25, 0.3) is 0 Å². The number of β-lactam (4-membered cyclic amide) rings is 1. The largest absolute Gasteiger partial charge is 0.543 e. The summed E-state index contributed by atoms with van der Waals surface area (Å²) in [7, 11) is -1.72. The minimum Gasteiger partial charge on any atom is -0.543 e. The fourth-order valence-corrected chi connectivity index (χ4v) is 5.75. The van der Waals surface area contributed by atoms with Gasteiger partial charge in [-0.1, -0.05) is 32.9 Å². The molecule has 1 amide bonds. The van der Waals surface area contributed by atoms with Gasteiger partial charge in [-0.3, -0.25) is 9.59 Å². The molecule has 0 spiro atoms. The van der Waals surface area contributed by atoms with E-state index in [0.717, 1.165) is 29.4 Å². The Hall–Kier alpha value is -1.82. The Morgan fingerprint density at radius 2 is 1.85 bits per heavy atom. The van der Waals surface area contributed by atoms with Gasteiger partial charge in [0.05, 0.1) is 11.5 Å².